The van der Waals surface area contributed by atoms with Crippen LogP contribution in [0.4, 0.5) is 0 Å². The van der Waals surface area contributed by atoms with Crippen molar-refractivity contribution in [2.45, 2.75) is 92.5 Å². The Morgan fingerprint density at radius 3 is 1.68 bits per heavy atom. The summed E-state index contributed by atoms with van der Waals surface area (Å²) >= 11 is 0. The molecule has 0 aromatic rings. The van der Waals surface area contributed by atoms with E-state index >= 15 is 0 Å². The molecule has 1 atom stereocenters. The first-order chi connectivity index (χ1) is 8.97. The van der Waals surface area contributed by atoms with Crippen molar-refractivity contribution in [1.29, 1.82) is 0 Å². The number of rotatable bonds is 1. The summed E-state index contributed by atoms with van der Waals surface area (Å²) in [5.74, 6) is 0. The normalized spacial score (nSPS) is 22.1. The first-order valence-electron chi connectivity index (χ1n) is 8.54. The minimum Gasteiger partial charge on any atom is -0.330 e. The van der Waals surface area contributed by atoms with E-state index in [1.807, 2.05) is 41.5 Å². The standard InChI is InChI=1S/C11H20N.3C2H6.Y/c1-3-7-11(8-4-1)12-9-5-2-6-10-12;3*1-2;/h7,11H,1-6,8-10H2;3*1-2H3;/q-1;;;;. The molecule has 19 heavy (non-hydrogen) atoms. The number of hydrogen-bond acceptors (Lipinski definition) is 1. The third-order valence-electron chi connectivity index (χ3n) is 3.25. The first kappa shape index (κ1) is 25.0. The molecule has 115 valence electrons. The zero-order valence-corrected chi connectivity index (χ0v) is 17.4. The minimum atomic E-state index is 0. The summed E-state index contributed by atoms with van der Waals surface area (Å²) in [6, 6.07) is 0.846. The van der Waals surface area contributed by atoms with E-state index in [-0.39, 0.29) is 32.7 Å². The van der Waals surface area contributed by atoms with Crippen LogP contribution in [0.5, 0.6) is 0 Å². The maximum absolute atomic E-state index is 2.70. The Bertz CT molecular complexity index is 111. The molecule has 1 unspecified atom stereocenters. The van der Waals surface area contributed by atoms with E-state index in [1.165, 1.54) is 58.0 Å². The van der Waals surface area contributed by atoms with Crippen molar-refractivity contribution in [3.8, 4) is 0 Å². The molecule has 1 aliphatic carbocycles. The molecule has 0 amide bonds. The van der Waals surface area contributed by atoms with Crippen molar-refractivity contribution in [2.75, 3.05) is 13.1 Å². The summed E-state index contributed by atoms with van der Waals surface area (Å²) in [6.45, 7) is 14.7. The number of hydrogen-bond donors (Lipinski definition) is 0. The first-order valence-corrected chi connectivity index (χ1v) is 8.54. The van der Waals surface area contributed by atoms with Gasteiger partial charge in [-0.1, -0.05) is 67.2 Å². The molecule has 1 saturated heterocycles. The van der Waals surface area contributed by atoms with Crippen molar-refractivity contribution in [2.24, 2.45) is 0 Å². The molecule has 0 spiro atoms. The van der Waals surface area contributed by atoms with Crippen LogP contribution in [-0.4, -0.2) is 24.0 Å². The van der Waals surface area contributed by atoms with Gasteiger partial charge in [0.1, 0.15) is 0 Å². The third-order valence-corrected chi connectivity index (χ3v) is 3.25. The van der Waals surface area contributed by atoms with Crippen molar-refractivity contribution in [3.63, 3.8) is 0 Å². The molecule has 1 heterocycles. The predicted octanol–water partition coefficient (Wildman–Crippen LogP) is 5.70. The van der Waals surface area contributed by atoms with Crippen LogP contribution in [-0.2, 0) is 32.7 Å². The second-order valence-electron chi connectivity index (χ2n) is 4.18. The van der Waals surface area contributed by atoms with Crippen LogP contribution in [0.2, 0.25) is 0 Å². The van der Waals surface area contributed by atoms with Gasteiger partial charge in [0.2, 0.25) is 0 Å². The van der Waals surface area contributed by atoms with E-state index in [0.29, 0.717) is 0 Å². The fourth-order valence-electron chi connectivity index (χ4n) is 2.51. The summed E-state index contributed by atoms with van der Waals surface area (Å²) in [5, 5.41) is 0. The van der Waals surface area contributed by atoms with Crippen LogP contribution in [0.15, 0.2) is 0 Å². The molecule has 2 fully saturated rings. The van der Waals surface area contributed by atoms with Gasteiger partial charge in [-0.05, 0) is 25.9 Å². The largest absolute Gasteiger partial charge is 0.330 e. The average molecular weight is 345 g/mol. The molecule has 0 bridgehead atoms. The Morgan fingerprint density at radius 2 is 1.26 bits per heavy atom. The maximum atomic E-state index is 2.70. The molecule has 1 radical (unpaired) electrons. The van der Waals surface area contributed by atoms with Crippen molar-refractivity contribution in [3.05, 3.63) is 6.42 Å². The average Bonchev–Trinajstić information content (AvgIpc) is 2.55. The molecular formula is C17H38NY-. The molecule has 2 rings (SSSR count). The minimum absolute atomic E-state index is 0. The van der Waals surface area contributed by atoms with Crippen LogP contribution in [0.1, 0.15) is 86.5 Å². The maximum Gasteiger partial charge on any atom is 0 e. The van der Waals surface area contributed by atoms with Crippen LogP contribution in [0, 0.1) is 6.42 Å². The van der Waals surface area contributed by atoms with E-state index in [2.05, 4.69) is 11.3 Å². The van der Waals surface area contributed by atoms with Gasteiger partial charge < -0.3 is 11.3 Å². The van der Waals surface area contributed by atoms with Crippen molar-refractivity contribution in [1.82, 2.24) is 4.90 Å². The quantitative estimate of drug-likeness (QED) is 0.551. The molecule has 1 saturated carbocycles. The molecular weight excluding hydrogens is 307 g/mol. The van der Waals surface area contributed by atoms with Crippen LogP contribution >= 0.6 is 0 Å². The third kappa shape index (κ3) is 12.5. The topological polar surface area (TPSA) is 3.24 Å². The molecule has 1 nitrogen and oxygen atoms in total. The second-order valence-corrected chi connectivity index (χ2v) is 4.18. The summed E-state index contributed by atoms with van der Waals surface area (Å²) < 4.78 is 0. The van der Waals surface area contributed by atoms with E-state index in [0.717, 1.165) is 6.04 Å². The Hall–Kier alpha value is 1.06. The smallest absolute Gasteiger partial charge is 0 e. The fourth-order valence-corrected chi connectivity index (χ4v) is 2.51. The Kier molecular flexibility index (Phi) is 28.2. The summed E-state index contributed by atoms with van der Waals surface area (Å²) in [7, 11) is 0. The Labute approximate surface area is 149 Å². The van der Waals surface area contributed by atoms with E-state index < -0.39 is 0 Å². The van der Waals surface area contributed by atoms with Crippen LogP contribution in [0.3, 0.4) is 0 Å². The van der Waals surface area contributed by atoms with Crippen molar-refractivity contribution >= 4 is 0 Å². The van der Waals surface area contributed by atoms with Crippen LogP contribution < -0.4 is 0 Å². The van der Waals surface area contributed by atoms with Gasteiger partial charge in [-0.3, -0.25) is 0 Å². The molecule has 1 aliphatic heterocycles. The zero-order chi connectivity index (χ0) is 14.2. The van der Waals surface area contributed by atoms with Gasteiger partial charge in [0.15, 0.2) is 0 Å². The van der Waals surface area contributed by atoms with Gasteiger partial charge >= 0.3 is 0 Å². The van der Waals surface area contributed by atoms with Gasteiger partial charge in [-0.2, -0.15) is 6.42 Å². The summed E-state index contributed by atoms with van der Waals surface area (Å²) in [5.41, 5.74) is 0. The second kappa shape index (κ2) is 21.4. The predicted molar refractivity (Wildman–Crippen MR) is 86.0 cm³/mol. The fraction of sp³-hybridized carbons (Fsp3) is 0.941. The van der Waals surface area contributed by atoms with Gasteiger partial charge in [-0.15, -0.1) is 6.04 Å². The SMILES string of the molecule is CC.CC.CC.[CH-]1CCCCC1N1CCCCC1.[Y]. The Balaban J connectivity index is -0.000000325. The molecule has 0 N–H and O–H groups in total. The number of nitrogens with zero attached hydrogens (tertiary/aromatic N) is 1. The Morgan fingerprint density at radius 1 is 0.737 bits per heavy atom. The molecule has 2 aliphatic rings. The molecule has 0 aromatic carbocycles. The number of piperidine rings is 1. The van der Waals surface area contributed by atoms with Gasteiger partial charge in [0.25, 0.3) is 0 Å². The van der Waals surface area contributed by atoms with Gasteiger partial charge in [-0.25, -0.2) is 0 Å². The molecule has 0 aromatic heterocycles. The van der Waals surface area contributed by atoms with E-state index in [1.54, 1.807) is 0 Å². The number of likely N-dealkylation sites (tertiary alicyclic amines) is 1. The van der Waals surface area contributed by atoms with Crippen molar-refractivity contribution < 1.29 is 32.7 Å². The van der Waals surface area contributed by atoms with E-state index in [9.17, 15) is 0 Å². The monoisotopic (exact) mass is 345 g/mol. The summed E-state index contributed by atoms with van der Waals surface area (Å²) in [4.78, 5) is 2.70. The van der Waals surface area contributed by atoms with E-state index in [4.69, 9.17) is 0 Å². The molecule has 2 heteroatoms. The van der Waals surface area contributed by atoms with Crippen LogP contribution in [0.25, 0.3) is 0 Å². The van der Waals surface area contributed by atoms with Gasteiger partial charge in [0, 0.05) is 32.7 Å². The zero-order valence-electron chi connectivity index (χ0n) is 14.5. The summed E-state index contributed by atoms with van der Waals surface area (Å²) in [6.07, 6.45) is 12.6. The van der Waals surface area contributed by atoms with Gasteiger partial charge in [0.05, 0.1) is 0 Å².